The summed E-state index contributed by atoms with van der Waals surface area (Å²) in [6.45, 7) is 0.330. The van der Waals surface area contributed by atoms with Gasteiger partial charge in [-0.25, -0.2) is 4.79 Å². The number of hydrogen-bond donors (Lipinski definition) is 2. The molecular weight excluding hydrogens is 374 g/mol. The van der Waals surface area contributed by atoms with Crippen molar-refractivity contribution in [2.45, 2.75) is 6.54 Å². The molecule has 0 atom stereocenters. The van der Waals surface area contributed by atoms with Gasteiger partial charge in [0.15, 0.2) is 11.5 Å². The van der Waals surface area contributed by atoms with Gasteiger partial charge in [0.1, 0.15) is 0 Å². The fourth-order valence-electron chi connectivity index (χ4n) is 2.76. The predicted molar refractivity (Wildman–Crippen MR) is 108 cm³/mol. The lowest BCUT2D eigenvalue weighted by Gasteiger charge is -2.15. The molecule has 152 valence electrons. The molecule has 9 heteroatoms. The van der Waals surface area contributed by atoms with Crippen molar-refractivity contribution >= 4 is 11.7 Å². The van der Waals surface area contributed by atoms with Crippen LogP contribution in [-0.4, -0.2) is 42.1 Å². The van der Waals surface area contributed by atoms with Gasteiger partial charge in [-0.15, -0.1) is 0 Å². The second-order valence-electron chi connectivity index (χ2n) is 6.18. The highest BCUT2D eigenvalue weighted by molar-refractivity contribution is 5.90. The molecule has 0 unspecified atom stereocenters. The van der Waals surface area contributed by atoms with E-state index in [1.165, 1.54) is 21.3 Å². The SMILES string of the molecule is COc1cc(NC(=O)NCc2ccc(-c3cnn(C)c3)nc2)cc(OC)c1OC. The van der Waals surface area contributed by atoms with E-state index in [1.54, 1.807) is 29.2 Å². The third-order valence-corrected chi connectivity index (χ3v) is 4.20. The number of nitrogens with one attached hydrogen (secondary N) is 2. The molecule has 3 rings (SSSR count). The van der Waals surface area contributed by atoms with Crippen molar-refractivity contribution in [2.75, 3.05) is 26.6 Å². The third kappa shape index (κ3) is 4.75. The second kappa shape index (κ2) is 8.96. The third-order valence-electron chi connectivity index (χ3n) is 4.20. The van der Waals surface area contributed by atoms with Gasteiger partial charge in [0.25, 0.3) is 0 Å². The molecule has 3 aromatic rings. The van der Waals surface area contributed by atoms with Crippen molar-refractivity contribution in [3.8, 4) is 28.5 Å². The number of methoxy groups -OCH3 is 3. The zero-order chi connectivity index (χ0) is 20.8. The number of anilines is 1. The Bertz CT molecular complexity index is 960. The van der Waals surface area contributed by atoms with Crippen LogP contribution in [0.15, 0.2) is 42.9 Å². The van der Waals surface area contributed by atoms with Gasteiger partial charge >= 0.3 is 6.03 Å². The van der Waals surface area contributed by atoms with E-state index in [2.05, 4.69) is 20.7 Å². The summed E-state index contributed by atoms with van der Waals surface area (Å²) in [5, 5.41) is 9.69. The first-order valence-electron chi connectivity index (χ1n) is 8.83. The summed E-state index contributed by atoms with van der Waals surface area (Å²) >= 11 is 0. The van der Waals surface area contributed by atoms with Gasteiger partial charge in [0, 0.05) is 43.7 Å². The van der Waals surface area contributed by atoms with Crippen LogP contribution in [0.3, 0.4) is 0 Å². The summed E-state index contributed by atoms with van der Waals surface area (Å²) in [7, 11) is 6.41. The zero-order valence-corrected chi connectivity index (χ0v) is 16.7. The van der Waals surface area contributed by atoms with E-state index in [1.807, 2.05) is 25.4 Å². The van der Waals surface area contributed by atoms with Gasteiger partial charge in [-0.1, -0.05) is 6.07 Å². The molecule has 0 bridgehead atoms. The molecule has 0 fully saturated rings. The van der Waals surface area contributed by atoms with Gasteiger partial charge in [0.05, 0.1) is 38.9 Å². The number of carbonyl (C=O) groups excluding carboxylic acids is 1. The highest BCUT2D eigenvalue weighted by Crippen LogP contribution is 2.39. The highest BCUT2D eigenvalue weighted by atomic mass is 16.5. The molecule has 0 spiro atoms. The first kappa shape index (κ1) is 20.0. The Morgan fingerprint density at radius 1 is 1.07 bits per heavy atom. The fourth-order valence-corrected chi connectivity index (χ4v) is 2.76. The van der Waals surface area contributed by atoms with Crippen LogP contribution in [0.2, 0.25) is 0 Å². The van der Waals surface area contributed by atoms with E-state index in [4.69, 9.17) is 14.2 Å². The lowest BCUT2D eigenvalue weighted by Crippen LogP contribution is -2.28. The Morgan fingerprint density at radius 3 is 2.31 bits per heavy atom. The quantitative estimate of drug-likeness (QED) is 0.636. The number of carbonyl (C=O) groups is 1. The molecule has 0 saturated heterocycles. The summed E-state index contributed by atoms with van der Waals surface area (Å²) in [5.74, 6) is 1.37. The monoisotopic (exact) mass is 397 g/mol. The van der Waals surface area contributed by atoms with Crippen LogP contribution in [0.1, 0.15) is 5.56 Å². The maximum absolute atomic E-state index is 12.3. The standard InChI is InChI=1S/C20H23N5O4/c1-25-12-14(11-23-25)16-6-5-13(9-21-16)10-22-20(26)24-15-7-17(27-2)19(29-4)18(8-15)28-3/h5-9,11-12H,10H2,1-4H3,(H2,22,24,26). The Balaban J connectivity index is 1.61. The number of ether oxygens (including phenoxy) is 3. The summed E-state index contributed by atoms with van der Waals surface area (Å²) in [5.41, 5.74) is 3.15. The fraction of sp³-hybridized carbons (Fsp3) is 0.250. The minimum absolute atomic E-state index is 0.330. The van der Waals surface area contributed by atoms with Crippen LogP contribution in [0.4, 0.5) is 10.5 Å². The van der Waals surface area contributed by atoms with Crippen molar-refractivity contribution < 1.29 is 19.0 Å². The lowest BCUT2D eigenvalue weighted by molar-refractivity contribution is 0.251. The summed E-state index contributed by atoms with van der Waals surface area (Å²) in [6, 6.07) is 6.76. The summed E-state index contributed by atoms with van der Waals surface area (Å²) in [6.07, 6.45) is 5.37. The molecule has 2 aromatic heterocycles. The largest absolute Gasteiger partial charge is 0.493 e. The number of urea groups is 1. The van der Waals surface area contributed by atoms with E-state index in [0.29, 0.717) is 29.5 Å². The van der Waals surface area contributed by atoms with Gasteiger partial charge < -0.3 is 24.8 Å². The maximum atomic E-state index is 12.3. The number of rotatable bonds is 7. The summed E-state index contributed by atoms with van der Waals surface area (Å²) < 4.78 is 17.6. The lowest BCUT2D eigenvalue weighted by atomic mass is 10.2. The number of pyridine rings is 1. The summed E-state index contributed by atoms with van der Waals surface area (Å²) in [4.78, 5) is 16.7. The van der Waals surface area contributed by atoms with Crippen molar-refractivity contribution in [3.63, 3.8) is 0 Å². The smallest absolute Gasteiger partial charge is 0.319 e. The van der Waals surface area contributed by atoms with Crippen LogP contribution < -0.4 is 24.8 Å². The minimum Gasteiger partial charge on any atom is -0.493 e. The van der Waals surface area contributed by atoms with E-state index in [0.717, 1.165) is 16.8 Å². The van der Waals surface area contributed by atoms with Gasteiger partial charge in [0.2, 0.25) is 5.75 Å². The molecule has 0 aliphatic rings. The van der Waals surface area contributed by atoms with Gasteiger partial charge in [-0.2, -0.15) is 5.10 Å². The number of aromatic nitrogens is 3. The molecular formula is C20H23N5O4. The molecule has 9 nitrogen and oxygen atoms in total. The van der Waals surface area contributed by atoms with Crippen molar-refractivity contribution in [2.24, 2.45) is 7.05 Å². The second-order valence-corrected chi connectivity index (χ2v) is 6.18. The molecule has 0 aliphatic carbocycles. The van der Waals surface area contributed by atoms with Gasteiger partial charge in [-0.05, 0) is 11.6 Å². The number of amides is 2. The van der Waals surface area contributed by atoms with Crippen LogP contribution >= 0.6 is 0 Å². The van der Waals surface area contributed by atoms with Crippen molar-refractivity contribution in [1.82, 2.24) is 20.1 Å². The Kier molecular flexibility index (Phi) is 6.18. The molecule has 2 N–H and O–H groups in total. The maximum Gasteiger partial charge on any atom is 0.319 e. The number of nitrogens with zero attached hydrogens (tertiary/aromatic N) is 3. The average molecular weight is 397 g/mol. The molecule has 2 amide bonds. The Morgan fingerprint density at radius 2 is 1.79 bits per heavy atom. The van der Waals surface area contributed by atoms with Gasteiger partial charge in [-0.3, -0.25) is 9.67 Å². The zero-order valence-electron chi connectivity index (χ0n) is 16.7. The topological polar surface area (TPSA) is 99.5 Å². The predicted octanol–water partition coefficient (Wildman–Crippen LogP) is 2.83. The Hall–Kier alpha value is -3.75. The van der Waals surface area contributed by atoms with Crippen LogP contribution in [0, 0.1) is 0 Å². The average Bonchev–Trinajstić information content (AvgIpc) is 3.18. The first-order chi connectivity index (χ1) is 14.0. The molecule has 29 heavy (non-hydrogen) atoms. The van der Waals surface area contributed by atoms with E-state index in [-0.39, 0.29) is 6.03 Å². The van der Waals surface area contributed by atoms with Crippen molar-refractivity contribution in [3.05, 3.63) is 48.4 Å². The normalized spacial score (nSPS) is 10.3. The number of aryl methyl sites for hydroxylation is 1. The molecule has 2 heterocycles. The molecule has 0 saturated carbocycles. The van der Waals surface area contributed by atoms with E-state index in [9.17, 15) is 4.79 Å². The van der Waals surface area contributed by atoms with Crippen LogP contribution in [0.25, 0.3) is 11.3 Å². The molecule has 1 aromatic carbocycles. The molecule has 0 aliphatic heterocycles. The van der Waals surface area contributed by atoms with E-state index >= 15 is 0 Å². The molecule has 0 radical (unpaired) electrons. The Labute approximate surface area is 168 Å². The number of benzene rings is 1. The van der Waals surface area contributed by atoms with E-state index < -0.39 is 0 Å². The number of hydrogen-bond acceptors (Lipinski definition) is 6. The van der Waals surface area contributed by atoms with Crippen LogP contribution in [0.5, 0.6) is 17.2 Å². The van der Waals surface area contributed by atoms with Crippen LogP contribution in [-0.2, 0) is 13.6 Å². The minimum atomic E-state index is -0.365. The first-order valence-corrected chi connectivity index (χ1v) is 8.83. The van der Waals surface area contributed by atoms with Crippen molar-refractivity contribution in [1.29, 1.82) is 0 Å². The highest BCUT2D eigenvalue weighted by Gasteiger charge is 2.14.